The highest BCUT2D eigenvalue weighted by Crippen LogP contribution is 2.51. The van der Waals surface area contributed by atoms with Crippen LogP contribution in [0.25, 0.3) is 0 Å². The van der Waals surface area contributed by atoms with E-state index in [4.69, 9.17) is 9.47 Å². The summed E-state index contributed by atoms with van der Waals surface area (Å²) in [6.07, 6.45) is 8.22. The van der Waals surface area contributed by atoms with Gasteiger partial charge in [-0.1, -0.05) is 25.7 Å². The fourth-order valence-corrected chi connectivity index (χ4v) is 6.52. The van der Waals surface area contributed by atoms with Gasteiger partial charge in [-0.3, -0.25) is 9.59 Å². The van der Waals surface area contributed by atoms with E-state index in [1.165, 1.54) is 13.5 Å². The monoisotopic (exact) mass is 528 g/mol. The average molecular weight is 529 g/mol. The highest BCUT2D eigenvalue weighted by Gasteiger charge is 2.52. The van der Waals surface area contributed by atoms with Crippen LogP contribution in [0.1, 0.15) is 68.4 Å². The molecular weight excluding hydrogens is 488 g/mol. The van der Waals surface area contributed by atoms with Crippen molar-refractivity contribution in [2.24, 2.45) is 11.8 Å². The molecule has 1 aromatic carbocycles. The summed E-state index contributed by atoms with van der Waals surface area (Å²) < 4.78 is 11.8. The minimum absolute atomic E-state index is 0.0440. The standard InChI is InChI=1S/C29H40N2O7/c1-37-23-13-18(16-33)12-20-24-21(28(35)30-10-11-32)14-22(25(34)27(24)38-26(20)23)31(29(36)19-8-5-9-19)15-17-6-3-2-4-7-17/h12-14,17,19,22,24-25,27,32-34H,2-11,15-16H2,1H3,(H,30,35)/t22-,24+,25+,27+/m1/s1. The lowest BCUT2D eigenvalue weighted by Crippen LogP contribution is -2.58. The second kappa shape index (κ2) is 11.6. The smallest absolute Gasteiger partial charge is 0.247 e. The van der Waals surface area contributed by atoms with Gasteiger partial charge in [0.1, 0.15) is 12.2 Å². The van der Waals surface area contributed by atoms with Crippen LogP contribution in [0.4, 0.5) is 0 Å². The Morgan fingerprint density at radius 2 is 1.87 bits per heavy atom. The highest BCUT2D eigenvalue weighted by atomic mass is 16.5. The van der Waals surface area contributed by atoms with E-state index in [1.807, 2.05) is 4.90 Å². The zero-order chi connectivity index (χ0) is 26.8. The number of methoxy groups -OCH3 is 1. The molecule has 1 aromatic rings. The number of hydrogen-bond donors (Lipinski definition) is 4. The lowest BCUT2D eigenvalue weighted by atomic mass is 9.76. The summed E-state index contributed by atoms with van der Waals surface area (Å²) in [6, 6.07) is 2.76. The van der Waals surface area contributed by atoms with E-state index < -0.39 is 24.2 Å². The van der Waals surface area contributed by atoms with Crippen molar-refractivity contribution in [3.63, 3.8) is 0 Å². The van der Waals surface area contributed by atoms with Crippen LogP contribution in [0.5, 0.6) is 11.5 Å². The number of fused-ring (bicyclic) bond motifs is 3. The average Bonchev–Trinajstić information content (AvgIpc) is 3.30. The van der Waals surface area contributed by atoms with Gasteiger partial charge >= 0.3 is 0 Å². The van der Waals surface area contributed by atoms with Crippen molar-refractivity contribution in [3.05, 3.63) is 34.9 Å². The van der Waals surface area contributed by atoms with Crippen LogP contribution < -0.4 is 14.8 Å². The van der Waals surface area contributed by atoms with Gasteiger partial charge in [-0.2, -0.15) is 0 Å². The maximum Gasteiger partial charge on any atom is 0.247 e. The second-order valence-corrected chi connectivity index (χ2v) is 11.1. The predicted molar refractivity (Wildman–Crippen MR) is 140 cm³/mol. The van der Waals surface area contributed by atoms with Crippen molar-refractivity contribution >= 4 is 11.8 Å². The van der Waals surface area contributed by atoms with Crippen molar-refractivity contribution in [1.29, 1.82) is 0 Å². The van der Waals surface area contributed by atoms with E-state index in [-0.39, 0.29) is 37.5 Å². The number of rotatable bonds is 9. The Morgan fingerprint density at radius 1 is 1.11 bits per heavy atom. The van der Waals surface area contributed by atoms with Crippen LogP contribution in [0.2, 0.25) is 0 Å². The number of carbonyl (C=O) groups excluding carboxylic acids is 2. The van der Waals surface area contributed by atoms with Crippen LogP contribution in [0.3, 0.4) is 0 Å². The molecule has 9 heteroatoms. The summed E-state index contributed by atoms with van der Waals surface area (Å²) in [5.41, 5.74) is 1.66. The third-order valence-corrected chi connectivity index (χ3v) is 8.77. The zero-order valence-corrected chi connectivity index (χ0v) is 22.1. The maximum atomic E-state index is 13.8. The van der Waals surface area contributed by atoms with Gasteiger partial charge < -0.3 is 35.0 Å². The Bertz CT molecular complexity index is 1060. The molecule has 2 amide bonds. The molecule has 3 aliphatic carbocycles. The fraction of sp³-hybridized carbons (Fsp3) is 0.655. The first-order chi connectivity index (χ1) is 18.5. The lowest BCUT2D eigenvalue weighted by Gasteiger charge is -2.44. The third kappa shape index (κ3) is 5.03. The minimum atomic E-state index is -1.06. The number of nitrogens with one attached hydrogen (secondary N) is 1. The Labute approximate surface area is 223 Å². The molecular formula is C29H40N2O7. The molecule has 2 fully saturated rings. The number of amides is 2. The summed E-state index contributed by atoms with van der Waals surface area (Å²) in [7, 11) is 1.51. The Hall–Kier alpha value is -2.62. The third-order valence-electron chi connectivity index (χ3n) is 8.77. The molecule has 9 nitrogen and oxygen atoms in total. The van der Waals surface area contributed by atoms with Crippen molar-refractivity contribution in [1.82, 2.24) is 10.2 Å². The van der Waals surface area contributed by atoms with E-state index in [0.717, 1.165) is 44.9 Å². The Morgan fingerprint density at radius 3 is 2.50 bits per heavy atom. The molecule has 1 heterocycles. The number of carbonyl (C=O) groups is 2. The summed E-state index contributed by atoms with van der Waals surface area (Å²) in [5.74, 6) is 0.250. The van der Waals surface area contributed by atoms with Gasteiger partial charge in [0.05, 0.1) is 32.3 Å². The largest absolute Gasteiger partial charge is 0.493 e. The molecule has 4 atom stereocenters. The Kier molecular flexibility index (Phi) is 8.26. The van der Waals surface area contributed by atoms with Crippen LogP contribution in [-0.2, 0) is 16.2 Å². The van der Waals surface area contributed by atoms with Gasteiger partial charge in [-0.05, 0) is 55.4 Å². The van der Waals surface area contributed by atoms with Gasteiger partial charge in [-0.25, -0.2) is 0 Å². The van der Waals surface area contributed by atoms with Crippen molar-refractivity contribution in [3.8, 4) is 11.5 Å². The van der Waals surface area contributed by atoms with Crippen LogP contribution in [-0.4, -0.2) is 77.1 Å². The number of aliphatic hydroxyl groups excluding tert-OH is 3. The topological polar surface area (TPSA) is 129 Å². The van der Waals surface area contributed by atoms with Gasteiger partial charge in [0.25, 0.3) is 0 Å². The lowest BCUT2D eigenvalue weighted by molar-refractivity contribution is -0.145. The van der Waals surface area contributed by atoms with Crippen molar-refractivity contribution in [2.45, 2.75) is 82.1 Å². The molecule has 4 N–H and O–H groups in total. The summed E-state index contributed by atoms with van der Waals surface area (Å²) in [4.78, 5) is 29.0. The number of ether oxygens (including phenoxy) is 2. The van der Waals surface area contributed by atoms with Gasteiger partial charge in [-0.15, -0.1) is 0 Å². The number of aliphatic hydroxyl groups is 3. The maximum absolute atomic E-state index is 13.8. The van der Waals surface area contributed by atoms with Gasteiger partial charge in [0, 0.05) is 30.1 Å². The molecule has 0 radical (unpaired) electrons. The first-order valence-corrected chi connectivity index (χ1v) is 14.0. The van der Waals surface area contributed by atoms with Crippen LogP contribution in [0, 0.1) is 11.8 Å². The molecule has 2 saturated carbocycles. The molecule has 0 unspecified atom stereocenters. The van der Waals surface area contributed by atoms with E-state index >= 15 is 0 Å². The molecule has 208 valence electrons. The zero-order valence-electron chi connectivity index (χ0n) is 22.1. The van der Waals surface area contributed by atoms with E-state index in [9.17, 15) is 24.9 Å². The Balaban J connectivity index is 1.55. The molecule has 0 aromatic heterocycles. The summed E-state index contributed by atoms with van der Waals surface area (Å²) in [6.45, 7) is 0.221. The molecule has 38 heavy (non-hydrogen) atoms. The second-order valence-electron chi connectivity index (χ2n) is 11.1. The quantitative estimate of drug-likeness (QED) is 0.386. The van der Waals surface area contributed by atoms with Crippen molar-refractivity contribution in [2.75, 3.05) is 26.8 Å². The van der Waals surface area contributed by atoms with E-state index in [0.29, 0.717) is 40.7 Å². The molecule has 0 spiro atoms. The van der Waals surface area contributed by atoms with E-state index in [2.05, 4.69) is 5.32 Å². The fourth-order valence-electron chi connectivity index (χ4n) is 6.52. The summed E-state index contributed by atoms with van der Waals surface area (Å²) in [5, 5.41) is 33.7. The number of benzene rings is 1. The van der Waals surface area contributed by atoms with Crippen LogP contribution >= 0.6 is 0 Å². The number of hydrogen-bond acceptors (Lipinski definition) is 7. The number of nitrogens with zero attached hydrogens (tertiary/aromatic N) is 1. The van der Waals surface area contributed by atoms with Gasteiger partial charge in [0.15, 0.2) is 11.5 Å². The predicted octanol–water partition coefficient (Wildman–Crippen LogP) is 2.02. The first kappa shape index (κ1) is 27.0. The summed E-state index contributed by atoms with van der Waals surface area (Å²) >= 11 is 0. The minimum Gasteiger partial charge on any atom is -0.493 e. The highest BCUT2D eigenvalue weighted by molar-refractivity contribution is 5.96. The first-order valence-electron chi connectivity index (χ1n) is 14.0. The normalized spacial score (nSPS) is 26.9. The molecule has 0 bridgehead atoms. The van der Waals surface area contributed by atoms with E-state index in [1.54, 1.807) is 18.2 Å². The van der Waals surface area contributed by atoms with Crippen LogP contribution in [0.15, 0.2) is 23.8 Å². The molecule has 5 rings (SSSR count). The molecule has 4 aliphatic rings. The SMILES string of the molecule is COc1cc(CO)cc2c1O[C@@H]1[C@@H](O)[C@H](N(CC3CCCCC3)C(=O)C3CCC3)C=C(C(=O)NCCO)[C@H]21. The van der Waals surface area contributed by atoms with Gasteiger partial charge in [0.2, 0.25) is 11.8 Å². The molecule has 1 aliphatic heterocycles. The van der Waals surface area contributed by atoms with Crippen molar-refractivity contribution < 1.29 is 34.4 Å². The molecule has 0 saturated heterocycles.